The van der Waals surface area contributed by atoms with E-state index in [1.165, 1.54) is 5.56 Å². The Morgan fingerprint density at radius 3 is 2.33 bits per heavy atom. The Balaban J connectivity index is 1.52. The summed E-state index contributed by atoms with van der Waals surface area (Å²) in [4.78, 5) is 12.6. The van der Waals surface area contributed by atoms with Gasteiger partial charge in [0.15, 0.2) is 0 Å². The van der Waals surface area contributed by atoms with Crippen molar-refractivity contribution < 1.29 is 4.79 Å². The molecule has 0 radical (unpaired) electrons. The standard InChI is InChI=1S/C20H25Cl2NO/c1-20(2)16(12-17(21)22)18(20)19(24)23-15-10-8-14(9-11-15)13-6-4-3-5-7-13/h3-7,12,14-16,18H,8-11H2,1-2H3,(H,23,24)/t14?,15?,16-,18+/m1/s1. The number of benzene rings is 1. The van der Waals surface area contributed by atoms with Crippen molar-refractivity contribution in [3.8, 4) is 0 Å². The maximum atomic E-state index is 12.6. The second-order valence-corrected chi connectivity index (χ2v) is 8.76. The molecular weight excluding hydrogens is 341 g/mol. The van der Waals surface area contributed by atoms with Gasteiger partial charge in [-0.15, -0.1) is 0 Å². The molecule has 0 saturated heterocycles. The summed E-state index contributed by atoms with van der Waals surface area (Å²) in [6.45, 7) is 4.20. The van der Waals surface area contributed by atoms with Crippen molar-refractivity contribution in [2.75, 3.05) is 0 Å². The third kappa shape index (κ3) is 3.81. The lowest BCUT2D eigenvalue weighted by Gasteiger charge is -2.29. The molecule has 1 amide bonds. The highest BCUT2D eigenvalue weighted by Crippen LogP contribution is 2.59. The molecule has 1 aromatic rings. The predicted octanol–water partition coefficient (Wildman–Crippen LogP) is 5.42. The molecule has 130 valence electrons. The van der Waals surface area contributed by atoms with Gasteiger partial charge in [0.05, 0.1) is 5.92 Å². The Morgan fingerprint density at radius 2 is 1.75 bits per heavy atom. The average Bonchev–Trinajstić information content (AvgIpc) is 3.08. The van der Waals surface area contributed by atoms with E-state index in [2.05, 4.69) is 49.5 Å². The fraction of sp³-hybridized carbons (Fsp3) is 0.550. The van der Waals surface area contributed by atoms with Gasteiger partial charge in [0.1, 0.15) is 4.49 Å². The van der Waals surface area contributed by atoms with E-state index < -0.39 is 0 Å². The molecule has 2 fully saturated rings. The van der Waals surface area contributed by atoms with Crippen molar-refractivity contribution in [1.29, 1.82) is 0 Å². The van der Waals surface area contributed by atoms with Crippen LogP contribution in [0.2, 0.25) is 0 Å². The Hall–Kier alpha value is -0.990. The maximum absolute atomic E-state index is 12.6. The molecule has 0 unspecified atom stereocenters. The van der Waals surface area contributed by atoms with E-state index in [4.69, 9.17) is 23.2 Å². The first-order valence-corrected chi connectivity index (χ1v) is 9.53. The summed E-state index contributed by atoms with van der Waals surface area (Å²) in [6, 6.07) is 11.0. The number of halogens is 2. The first kappa shape index (κ1) is 17.8. The van der Waals surface area contributed by atoms with Gasteiger partial charge in [-0.1, -0.05) is 67.4 Å². The SMILES string of the molecule is CC1(C)[C@H](C=C(Cl)Cl)[C@H]1C(=O)NC1CCC(c2ccccc2)CC1. The van der Waals surface area contributed by atoms with E-state index in [0.29, 0.717) is 12.0 Å². The smallest absolute Gasteiger partial charge is 0.224 e. The Bertz CT molecular complexity index is 614. The fourth-order valence-corrected chi connectivity index (χ4v) is 4.48. The maximum Gasteiger partial charge on any atom is 0.224 e. The second-order valence-electron chi connectivity index (χ2n) is 7.75. The Labute approximate surface area is 154 Å². The molecule has 0 aromatic heterocycles. The van der Waals surface area contributed by atoms with E-state index in [1.807, 2.05) is 0 Å². The molecule has 2 aliphatic carbocycles. The monoisotopic (exact) mass is 365 g/mol. The lowest BCUT2D eigenvalue weighted by atomic mass is 9.81. The largest absolute Gasteiger partial charge is 0.353 e. The Kier molecular flexibility index (Phi) is 5.27. The summed E-state index contributed by atoms with van der Waals surface area (Å²) in [7, 11) is 0. The van der Waals surface area contributed by atoms with Gasteiger partial charge in [-0.2, -0.15) is 0 Å². The summed E-state index contributed by atoms with van der Waals surface area (Å²) in [5.74, 6) is 0.904. The summed E-state index contributed by atoms with van der Waals surface area (Å²) in [6.07, 6.45) is 6.18. The van der Waals surface area contributed by atoms with Crippen molar-refractivity contribution >= 4 is 29.1 Å². The third-order valence-corrected chi connectivity index (χ3v) is 6.10. The molecule has 4 heteroatoms. The van der Waals surface area contributed by atoms with Crippen LogP contribution in [0.3, 0.4) is 0 Å². The molecule has 2 nitrogen and oxygen atoms in total. The number of hydrogen-bond donors (Lipinski definition) is 1. The molecule has 0 aliphatic heterocycles. The first-order valence-electron chi connectivity index (χ1n) is 8.77. The van der Waals surface area contributed by atoms with Crippen LogP contribution in [-0.4, -0.2) is 11.9 Å². The van der Waals surface area contributed by atoms with Crippen LogP contribution in [0, 0.1) is 17.3 Å². The zero-order valence-corrected chi connectivity index (χ0v) is 15.8. The second kappa shape index (κ2) is 7.09. The molecule has 0 heterocycles. The molecule has 2 atom stereocenters. The summed E-state index contributed by atoms with van der Waals surface area (Å²) >= 11 is 11.5. The minimum absolute atomic E-state index is 0.0168. The van der Waals surface area contributed by atoms with Crippen LogP contribution in [0.1, 0.15) is 51.0 Å². The number of hydrogen-bond acceptors (Lipinski definition) is 1. The van der Waals surface area contributed by atoms with Crippen LogP contribution in [-0.2, 0) is 4.79 Å². The first-order chi connectivity index (χ1) is 11.4. The fourth-order valence-electron chi connectivity index (χ4n) is 4.21. The number of nitrogens with one attached hydrogen (secondary N) is 1. The minimum atomic E-state index is -0.0552. The van der Waals surface area contributed by atoms with Crippen LogP contribution < -0.4 is 5.32 Å². The lowest BCUT2D eigenvalue weighted by molar-refractivity contribution is -0.124. The van der Waals surface area contributed by atoms with Crippen molar-refractivity contribution in [2.45, 2.75) is 51.5 Å². The molecule has 3 rings (SSSR count). The van der Waals surface area contributed by atoms with Gasteiger partial charge in [0.2, 0.25) is 5.91 Å². The zero-order valence-electron chi connectivity index (χ0n) is 14.3. The van der Waals surface area contributed by atoms with Crippen molar-refractivity contribution in [3.63, 3.8) is 0 Å². The third-order valence-electron chi connectivity index (χ3n) is 5.84. The van der Waals surface area contributed by atoms with Crippen LogP contribution >= 0.6 is 23.2 Å². The number of carbonyl (C=O) groups is 1. The van der Waals surface area contributed by atoms with Gasteiger partial charge in [0.25, 0.3) is 0 Å². The molecule has 0 bridgehead atoms. The summed E-state index contributed by atoms with van der Waals surface area (Å²) < 4.78 is 0.256. The summed E-state index contributed by atoms with van der Waals surface area (Å²) in [5, 5.41) is 3.26. The molecule has 0 spiro atoms. The van der Waals surface area contributed by atoms with Crippen molar-refractivity contribution in [1.82, 2.24) is 5.32 Å². The number of rotatable bonds is 4. The average molecular weight is 366 g/mol. The lowest BCUT2D eigenvalue weighted by Crippen LogP contribution is -2.39. The van der Waals surface area contributed by atoms with Gasteiger partial charge in [-0.25, -0.2) is 0 Å². The van der Waals surface area contributed by atoms with E-state index in [0.717, 1.165) is 25.7 Å². The quantitative estimate of drug-likeness (QED) is 0.757. The van der Waals surface area contributed by atoms with Crippen molar-refractivity contribution in [2.24, 2.45) is 17.3 Å². The van der Waals surface area contributed by atoms with Gasteiger partial charge < -0.3 is 5.32 Å². The van der Waals surface area contributed by atoms with E-state index in [-0.39, 0.29) is 27.6 Å². The molecule has 1 aromatic carbocycles. The normalized spacial score (nSPS) is 31.2. The Morgan fingerprint density at radius 1 is 1.12 bits per heavy atom. The van der Waals surface area contributed by atoms with Gasteiger partial charge >= 0.3 is 0 Å². The van der Waals surface area contributed by atoms with E-state index >= 15 is 0 Å². The van der Waals surface area contributed by atoms with Gasteiger partial charge in [0, 0.05) is 6.04 Å². The molecule has 2 aliphatic rings. The number of carbonyl (C=O) groups excluding carboxylic acids is 1. The molecule has 2 saturated carbocycles. The highest BCUT2D eigenvalue weighted by molar-refractivity contribution is 6.55. The van der Waals surface area contributed by atoms with Gasteiger partial charge in [-0.05, 0) is 54.6 Å². The van der Waals surface area contributed by atoms with Crippen LogP contribution in [0.5, 0.6) is 0 Å². The number of allylic oxidation sites excluding steroid dienone is 1. The van der Waals surface area contributed by atoms with Crippen LogP contribution in [0.15, 0.2) is 40.9 Å². The molecular formula is C20H25Cl2NO. The predicted molar refractivity (Wildman–Crippen MR) is 100 cm³/mol. The van der Waals surface area contributed by atoms with Crippen LogP contribution in [0.4, 0.5) is 0 Å². The highest BCUT2D eigenvalue weighted by atomic mass is 35.5. The van der Waals surface area contributed by atoms with Gasteiger partial charge in [-0.3, -0.25) is 4.79 Å². The van der Waals surface area contributed by atoms with Crippen LogP contribution in [0.25, 0.3) is 0 Å². The topological polar surface area (TPSA) is 29.1 Å². The summed E-state index contributed by atoms with van der Waals surface area (Å²) in [5.41, 5.74) is 1.37. The zero-order chi connectivity index (χ0) is 17.3. The molecule has 1 N–H and O–H groups in total. The van der Waals surface area contributed by atoms with E-state index in [1.54, 1.807) is 6.08 Å². The number of amides is 1. The molecule has 24 heavy (non-hydrogen) atoms. The van der Waals surface area contributed by atoms with Crippen molar-refractivity contribution in [3.05, 3.63) is 46.5 Å². The van der Waals surface area contributed by atoms with E-state index in [9.17, 15) is 4.79 Å². The highest BCUT2D eigenvalue weighted by Gasteiger charge is 2.60. The minimum Gasteiger partial charge on any atom is -0.353 e.